The van der Waals surface area contributed by atoms with Crippen LogP contribution in [0.1, 0.15) is 31.4 Å². The number of alkyl halides is 2. The standard InChI is InChI=1S/C22H25F2N3O4/c1-14(26-21(28)29)15-2-4-17(5-3-15)31-19-8-9-27(12-19)20-7-6-18(11-25-20)30-13-16-10-22(16,23)24/h2-7,11,14,16,19,26H,8-10,12-13H2,1H3,(H,28,29)/t14-,16+,19+/m0/s1. The number of hydrogen-bond donors (Lipinski definition) is 2. The molecule has 2 aliphatic rings. The number of nitrogens with one attached hydrogen (secondary N) is 1. The third kappa shape index (κ3) is 5.34. The molecular formula is C22H25F2N3O4. The fourth-order valence-electron chi connectivity index (χ4n) is 3.62. The highest BCUT2D eigenvalue weighted by Gasteiger charge is 2.57. The van der Waals surface area contributed by atoms with E-state index in [4.69, 9.17) is 14.6 Å². The number of ether oxygens (including phenoxy) is 2. The molecule has 1 amide bonds. The summed E-state index contributed by atoms with van der Waals surface area (Å²) in [5.74, 6) is -1.25. The summed E-state index contributed by atoms with van der Waals surface area (Å²) in [4.78, 5) is 17.3. The Labute approximate surface area is 179 Å². The number of carboxylic acid groups (broad SMARTS) is 1. The zero-order valence-corrected chi connectivity index (χ0v) is 17.1. The molecule has 7 nitrogen and oxygen atoms in total. The lowest BCUT2D eigenvalue weighted by atomic mass is 10.1. The molecule has 0 unspecified atom stereocenters. The molecule has 31 heavy (non-hydrogen) atoms. The van der Waals surface area contributed by atoms with E-state index in [1.165, 1.54) is 0 Å². The summed E-state index contributed by atoms with van der Waals surface area (Å²) >= 11 is 0. The van der Waals surface area contributed by atoms with Gasteiger partial charge in [0.05, 0.1) is 31.3 Å². The molecule has 166 valence electrons. The van der Waals surface area contributed by atoms with Crippen LogP contribution in [0.25, 0.3) is 0 Å². The SMILES string of the molecule is C[C@H](NC(=O)O)c1ccc(O[C@@H]2CCN(c3ccc(OC[C@H]4CC4(F)F)cn3)C2)cc1. The highest BCUT2D eigenvalue weighted by atomic mass is 19.3. The molecule has 0 radical (unpaired) electrons. The van der Waals surface area contributed by atoms with Crippen molar-refractivity contribution in [2.45, 2.75) is 37.8 Å². The molecule has 1 saturated heterocycles. The van der Waals surface area contributed by atoms with Crippen LogP contribution in [-0.2, 0) is 0 Å². The van der Waals surface area contributed by atoms with Crippen LogP contribution >= 0.6 is 0 Å². The minimum Gasteiger partial charge on any atom is -0.491 e. The van der Waals surface area contributed by atoms with Crippen molar-refractivity contribution in [1.29, 1.82) is 0 Å². The van der Waals surface area contributed by atoms with Crippen molar-refractivity contribution in [1.82, 2.24) is 10.3 Å². The second-order valence-corrected chi connectivity index (χ2v) is 8.04. The third-order valence-electron chi connectivity index (χ3n) is 5.62. The molecule has 4 rings (SSSR count). The van der Waals surface area contributed by atoms with E-state index < -0.39 is 17.9 Å². The van der Waals surface area contributed by atoms with Crippen LogP contribution in [0.5, 0.6) is 11.5 Å². The van der Waals surface area contributed by atoms with Gasteiger partial charge in [-0.1, -0.05) is 12.1 Å². The van der Waals surface area contributed by atoms with Gasteiger partial charge in [-0.15, -0.1) is 0 Å². The zero-order valence-electron chi connectivity index (χ0n) is 17.1. The van der Waals surface area contributed by atoms with E-state index in [1.807, 2.05) is 30.3 Å². The molecule has 2 fully saturated rings. The molecule has 0 bridgehead atoms. The first-order chi connectivity index (χ1) is 14.8. The van der Waals surface area contributed by atoms with Crippen LogP contribution in [0.4, 0.5) is 19.4 Å². The topological polar surface area (TPSA) is 83.9 Å². The van der Waals surface area contributed by atoms with Crippen molar-refractivity contribution in [3.05, 3.63) is 48.2 Å². The van der Waals surface area contributed by atoms with Gasteiger partial charge in [0.1, 0.15) is 23.4 Å². The van der Waals surface area contributed by atoms with Gasteiger partial charge in [0.25, 0.3) is 5.92 Å². The summed E-state index contributed by atoms with van der Waals surface area (Å²) in [7, 11) is 0. The number of pyridine rings is 1. The van der Waals surface area contributed by atoms with Gasteiger partial charge in [0.15, 0.2) is 0 Å². The summed E-state index contributed by atoms with van der Waals surface area (Å²) < 4.78 is 37.3. The number of rotatable bonds is 8. The largest absolute Gasteiger partial charge is 0.491 e. The summed E-state index contributed by atoms with van der Waals surface area (Å²) in [5.41, 5.74) is 0.861. The molecule has 1 aromatic carbocycles. The van der Waals surface area contributed by atoms with E-state index in [0.717, 1.165) is 30.1 Å². The molecule has 0 spiro atoms. The molecule has 1 aromatic heterocycles. The van der Waals surface area contributed by atoms with Crippen molar-refractivity contribution in [3.8, 4) is 11.5 Å². The Morgan fingerprint density at radius 2 is 2.00 bits per heavy atom. The Morgan fingerprint density at radius 1 is 1.29 bits per heavy atom. The number of carbonyl (C=O) groups is 1. The van der Waals surface area contributed by atoms with Gasteiger partial charge in [-0.2, -0.15) is 0 Å². The van der Waals surface area contributed by atoms with Crippen LogP contribution in [0.2, 0.25) is 0 Å². The molecule has 2 N–H and O–H groups in total. The summed E-state index contributed by atoms with van der Waals surface area (Å²) in [6.45, 7) is 3.27. The molecule has 2 aromatic rings. The number of halogens is 2. The summed E-state index contributed by atoms with van der Waals surface area (Å²) in [6, 6.07) is 10.7. The molecule has 1 saturated carbocycles. The van der Waals surface area contributed by atoms with E-state index >= 15 is 0 Å². The number of hydrogen-bond acceptors (Lipinski definition) is 5. The maximum Gasteiger partial charge on any atom is 0.405 e. The van der Waals surface area contributed by atoms with E-state index in [1.54, 1.807) is 19.2 Å². The number of anilines is 1. The van der Waals surface area contributed by atoms with Gasteiger partial charge >= 0.3 is 6.09 Å². The Kier molecular flexibility index (Phi) is 5.84. The lowest BCUT2D eigenvalue weighted by Gasteiger charge is -2.19. The summed E-state index contributed by atoms with van der Waals surface area (Å²) in [6.07, 6.45) is 1.26. The van der Waals surface area contributed by atoms with Crippen LogP contribution in [0.3, 0.4) is 0 Å². The lowest BCUT2D eigenvalue weighted by Crippen LogP contribution is -2.25. The van der Waals surface area contributed by atoms with E-state index in [0.29, 0.717) is 12.3 Å². The second kappa shape index (κ2) is 8.56. The Bertz CT molecular complexity index is 908. The molecule has 2 heterocycles. The van der Waals surface area contributed by atoms with Crippen molar-refractivity contribution in [3.63, 3.8) is 0 Å². The predicted octanol–water partition coefficient (Wildman–Crippen LogP) is 4.10. The van der Waals surface area contributed by atoms with Gasteiger partial charge in [-0.3, -0.25) is 0 Å². The van der Waals surface area contributed by atoms with Gasteiger partial charge in [0.2, 0.25) is 0 Å². The number of aromatic nitrogens is 1. The Balaban J connectivity index is 1.26. The average molecular weight is 433 g/mol. The van der Waals surface area contributed by atoms with Crippen molar-refractivity contribution in [2.24, 2.45) is 5.92 Å². The quantitative estimate of drug-likeness (QED) is 0.652. The van der Waals surface area contributed by atoms with E-state index in [9.17, 15) is 13.6 Å². The smallest absolute Gasteiger partial charge is 0.405 e. The maximum absolute atomic E-state index is 12.9. The van der Waals surface area contributed by atoms with Crippen LogP contribution in [0.15, 0.2) is 42.6 Å². The fraction of sp³-hybridized carbons (Fsp3) is 0.455. The van der Waals surface area contributed by atoms with Gasteiger partial charge < -0.3 is 24.8 Å². The van der Waals surface area contributed by atoms with Gasteiger partial charge in [-0.25, -0.2) is 18.6 Å². The molecule has 1 aliphatic carbocycles. The van der Waals surface area contributed by atoms with E-state index in [2.05, 4.69) is 15.2 Å². The lowest BCUT2D eigenvalue weighted by molar-refractivity contribution is 0.0855. The first kappa shape index (κ1) is 21.1. The molecule has 3 atom stereocenters. The van der Waals surface area contributed by atoms with Gasteiger partial charge in [-0.05, 0) is 36.8 Å². The minimum atomic E-state index is -2.58. The van der Waals surface area contributed by atoms with Gasteiger partial charge in [0, 0.05) is 19.4 Å². The normalized spacial score (nSPS) is 22.6. The summed E-state index contributed by atoms with van der Waals surface area (Å²) in [5, 5.41) is 11.2. The minimum absolute atomic E-state index is 0.00948. The molecule has 9 heteroatoms. The van der Waals surface area contributed by atoms with Crippen LogP contribution in [-0.4, -0.2) is 47.9 Å². The van der Waals surface area contributed by atoms with E-state index in [-0.39, 0.29) is 25.2 Å². The maximum atomic E-state index is 12.9. The molecule has 1 aliphatic heterocycles. The highest BCUT2D eigenvalue weighted by molar-refractivity contribution is 5.65. The number of benzene rings is 1. The zero-order chi connectivity index (χ0) is 22.0. The first-order valence-electron chi connectivity index (χ1n) is 10.3. The first-order valence-corrected chi connectivity index (χ1v) is 10.3. The van der Waals surface area contributed by atoms with Crippen molar-refractivity contribution < 1.29 is 28.2 Å². The monoisotopic (exact) mass is 433 g/mol. The molecular weight excluding hydrogens is 408 g/mol. The average Bonchev–Trinajstić information content (AvgIpc) is 3.11. The third-order valence-corrected chi connectivity index (χ3v) is 5.62. The Morgan fingerprint density at radius 3 is 2.61 bits per heavy atom. The number of nitrogens with zero attached hydrogens (tertiary/aromatic N) is 2. The Hall–Kier alpha value is -3.10. The van der Waals surface area contributed by atoms with Crippen molar-refractivity contribution in [2.75, 3.05) is 24.6 Å². The van der Waals surface area contributed by atoms with Crippen LogP contribution < -0.4 is 19.7 Å². The van der Waals surface area contributed by atoms with Crippen LogP contribution in [0, 0.1) is 5.92 Å². The highest BCUT2D eigenvalue weighted by Crippen LogP contribution is 2.48. The van der Waals surface area contributed by atoms with Crippen molar-refractivity contribution >= 4 is 11.9 Å². The second-order valence-electron chi connectivity index (χ2n) is 8.04. The number of amides is 1. The predicted molar refractivity (Wildman–Crippen MR) is 110 cm³/mol. The fourth-order valence-corrected chi connectivity index (χ4v) is 3.62.